The first-order valence-electron chi connectivity index (χ1n) is 7.04. The van der Waals surface area contributed by atoms with Crippen LogP contribution >= 0.6 is 11.3 Å². The van der Waals surface area contributed by atoms with E-state index in [1.54, 1.807) is 16.2 Å². The van der Waals surface area contributed by atoms with Crippen LogP contribution in [0.1, 0.15) is 17.4 Å². The summed E-state index contributed by atoms with van der Waals surface area (Å²) in [5.74, 6) is 5.66. The predicted molar refractivity (Wildman–Crippen MR) is 82.2 cm³/mol. The van der Waals surface area contributed by atoms with Gasteiger partial charge in [-0.25, -0.2) is 4.79 Å². The Morgan fingerprint density at radius 3 is 2.86 bits per heavy atom. The molecule has 114 valence electrons. The molecule has 0 aromatic carbocycles. The summed E-state index contributed by atoms with van der Waals surface area (Å²) in [5, 5.41) is 10.8. The van der Waals surface area contributed by atoms with E-state index in [1.807, 2.05) is 18.4 Å². The third kappa shape index (κ3) is 4.46. The maximum absolute atomic E-state index is 11.6. The lowest BCUT2D eigenvalue weighted by Crippen LogP contribution is -2.48. The summed E-state index contributed by atoms with van der Waals surface area (Å²) in [5.41, 5.74) is 0.988. The minimum Gasteiger partial charge on any atom is -0.450 e. The van der Waals surface area contributed by atoms with E-state index >= 15 is 0 Å². The zero-order chi connectivity index (χ0) is 15.1. The van der Waals surface area contributed by atoms with Gasteiger partial charge in [0.2, 0.25) is 0 Å². The molecule has 1 aromatic heterocycles. The van der Waals surface area contributed by atoms with Crippen molar-refractivity contribution in [2.24, 2.45) is 0 Å². The first kappa shape index (κ1) is 15.8. The van der Waals surface area contributed by atoms with Gasteiger partial charge in [0.05, 0.1) is 6.61 Å². The van der Waals surface area contributed by atoms with Gasteiger partial charge in [-0.2, -0.15) is 0 Å². The predicted octanol–water partition coefficient (Wildman–Crippen LogP) is 1.37. The standard InChI is InChI=1S/C15H20N2O3S/c1-2-20-15(19)17-8-6-16(7-9-17)12-14-13(4-3-10-18)5-11-21-14/h5,11,18H,2,6-10,12H2,1H3. The second-order valence-corrected chi connectivity index (χ2v) is 5.68. The van der Waals surface area contributed by atoms with E-state index in [0.717, 1.165) is 25.2 Å². The lowest BCUT2D eigenvalue weighted by molar-refractivity contribution is 0.0781. The number of rotatable bonds is 3. The molecule has 1 aliphatic heterocycles. The van der Waals surface area contributed by atoms with E-state index < -0.39 is 0 Å². The molecule has 1 aliphatic rings. The van der Waals surface area contributed by atoms with Crippen LogP contribution in [-0.4, -0.2) is 60.4 Å². The van der Waals surface area contributed by atoms with Crippen molar-refractivity contribution in [2.75, 3.05) is 39.4 Å². The molecule has 1 fully saturated rings. The van der Waals surface area contributed by atoms with Crippen molar-refractivity contribution < 1.29 is 14.6 Å². The largest absolute Gasteiger partial charge is 0.450 e. The maximum Gasteiger partial charge on any atom is 0.409 e. The highest BCUT2D eigenvalue weighted by Gasteiger charge is 2.22. The lowest BCUT2D eigenvalue weighted by atomic mass is 10.2. The Hall–Kier alpha value is -1.55. The van der Waals surface area contributed by atoms with Crippen LogP contribution in [-0.2, 0) is 11.3 Å². The fourth-order valence-electron chi connectivity index (χ4n) is 2.22. The van der Waals surface area contributed by atoms with Gasteiger partial charge in [0.1, 0.15) is 6.61 Å². The summed E-state index contributed by atoms with van der Waals surface area (Å²) in [7, 11) is 0. The molecule has 2 heterocycles. The summed E-state index contributed by atoms with van der Waals surface area (Å²) >= 11 is 1.68. The first-order valence-corrected chi connectivity index (χ1v) is 7.92. The molecule has 1 aromatic rings. The van der Waals surface area contributed by atoms with E-state index in [9.17, 15) is 4.79 Å². The third-order valence-electron chi connectivity index (χ3n) is 3.31. The molecule has 0 spiro atoms. The number of carbonyl (C=O) groups excluding carboxylic acids is 1. The summed E-state index contributed by atoms with van der Waals surface area (Å²) < 4.78 is 5.01. The number of thiophene rings is 1. The Bertz CT molecular complexity index is 525. The number of hydrogen-bond acceptors (Lipinski definition) is 5. The second kappa shape index (κ2) is 8.03. The zero-order valence-corrected chi connectivity index (χ0v) is 13.0. The fraction of sp³-hybridized carbons (Fsp3) is 0.533. The number of piperazine rings is 1. The van der Waals surface area contributed by atoms with Gasteiger partial charge >= 0.3 is 6.09 Å². The van der Waals surface area contributed by atoms with Gasteiger partial charge in [-0.15, -0.1) is 11.3 Å². The number of hydrogen-bond donors (Lipinski definition) is 1. The molecule has 21 heavy (non-hydrogen) atoms. The SMILES string of the molecule is CCOC(=O)N1CCN(Cc2sccc2C#CCO)CC1. The maximum atomic E-state index is 11.6. The lowest BCUT2D eigenvalue weighted by Gasteiger charge is -2.33. The molecule has 2 rings (SSSR count). The second-order valence-electron chi connectivity index (χ2n) is 4.68. The molecule has 5 nitrogen and oxygen atoms in total. The summed E-state index contributed by atoms with van der Waals surface area (Å²) in [6.45, 7) is 6.02. The monoisotopic (exact) mass is 308 g/mol. The quantitative estimate of drug-likeness (QED) is 0.857. The van der Waals surface area contributed by atoms with Gasteiger partial charge in [-0.1, -0.05) is 11.8 Å². The van der Waals surface area contributed by atoms with Crippen molar-refractivity contribution in [1.29, 1.82) is 0 Å². The number of amides is 1. The minimum atomic E-state index is -0.220. The highest BCUT2D eigenvalue weighted by Crippen LogP contribution is 2.19. The van der Waals surface area contributed by atoms with Crippen molar-refractivity contribution >= 4 is 17.4 Å². The van der Waals surface area contributed by atoms with Crippen LogP contribution in [0.2, 0.25) is 0 Å². The van der Waals surface area contributed by atoms with Crippen molar-refractivity contribution in [2.45, 2.75) is 13.5 Å². The van der Waals surface area contributed by atoms with Crippen LogP contribution in [0, 0.1) is 11.8 Å². The molecular formula is C15H20N2O3S. The molecule has 0 bridgehead atoms. The Balaban J connectivity index is 1.86. The summed E-state index contributed by atoms with van der Waals surface area (Å²) in [6, 6.07) is 1.98. The normalized spacial score (nSPS) is 15.4. The number of aliphatic hydroxyl groups is 1. The smallest absolute Gasteiger partial charge is 0.409 e. The zero-order valence-electron chi connectivity index (χ0n) is 12.2. The van der Waals surface area contributed by atoms with Gasteiger partial charge in [-0.3, -0.25) is 4.90 Å². The van der Waals surface area contributed by atoms with E-state index in [2.05, 4.69) is 16.7 Å². The molecule has 0 radical (unpaired) electrons. The molecule has 0 atom stereocenters. The Labute approximate surface area is 129 Å². The van der Waals surface area contributed by atoms with E-state index in [4.69, 9.17) is 9.84 Å². The van der Waals surface area contributed by atoms with Gasteiger partial charge in [0.25, 0.3) is 0 Å². The molecule has 0 aliphatic carbocycles. The van der Waals surface area contributed by atoms with Gasteiger partial charge in [-0.05, 0) is 18.4 Å². The Kier molecular flexibility index (Phi) is 6.05. The average molecular weight is 308 g/mol. The van der Waals surface area contributed by atoms with Crippen LogP contribution in [0.15, 0.2) is 11.4 Å². The number of nitrogens with zero attached hydrogens (tertiary/aromatic N) is 2. The van der Waals surface area contributed by atoms with Crippen LogP contribution in [0.4, 0.5) is 4.79 Å². The van der Waals surface area contributed by atoms with Gasteiger partial charge < -0.3 is 14.7 Å². The van der Waals surface area contributed by atoms with Gasteiger partial charge in [0, 0.05) is 43.2 Å². The van der Waals surface area contributed by atoms with Crippen molar-refractivity contribution in [3.05, 3.63) is 21.9 Å². The van der Waals surface area contributed by atoms with Crippen molar-refractivity contribution in [3.8, 4) is 11.8 Å². The number of aliphatic hydroxyl groups excluding tert-OH is 1. The first-order chi connectivity index (χ1) is 10.2. The molecule has 1 amide bonds. The van der Waals surface area contributed by atoms with Crippen molar-refractivity contribution in [1.82, 2.24) is 9.80 Å². The molecule has 0 unspecified atom stereocenters. The topological polar surface area (TPSA) is 53.0 Å². The highest BCUT2D eigenvalue weighted by atomic mass is 32.1. The molecule has 1 N–H and O–H groups in total. The molecular weight excluding hydrogens is 288 g/mol. The Morgan fingerprint density at radius 2 is 2.19 bits per heavy atom. The minimum absolute atomic E-state index is 0.118. The van der Waals surface area contributed by atoms with Crippen LogP contribution in [0.5, 0.6) is 0 Å². The fourth-order valence-corrected chi connectivity index (χ4v) is 3.09. The van der Waals surface area contributed by atoms with E-state index in [1.165, 1.54) is 4.88 Å². The van der Waals surface area contributed by atoms with Crippen LogP contribution in [0.25, 0.3) is 0 Å². The Morgan fingerprint density at radius 1 is 1.43 bits per heavy atom. The molecule has 1 saturated heterocycles. The summed E-state index contributed by atoms with van der Waals surface area (Å²) in [4.78, 5) is 16.9. The van der Waals surface area contributed by atoms with Crippen LogP contribution in [0.3, 0.4) is 0 Å². The average Bonchev–Trinajstić information content (AvgIpc) is 2.93. The highest BCUT2D eigenvalue weighted by molar-refractivity contribution is 7.10. The van der Waals surface area contributed by atoms with Gasteiger partial charge in [0.15, 0.2) is 0 Å². The van der Waals surface area contributed by atoms with Crippen LogP contribution < -0.4 is 0 Å². The van der Waals surface area contributed by atoms with E-state index in [0.29, 0.717) is 19.7 Å². The molecule has 6 heteroatoms. The van der Waals surface area contributed by atoms with E-state index in [-0.39, 0.29) is 12.7 Å². The molecule has 0 saturated carbocycles. The third-order valence-corrected chi connectivity index (χ3v) is 4.22. The number of carbonyl (C=O) groups is 1. The summed E-state index contributed by atoms with van der Waals surface area (Å²) in [6.07, 6.45) is -0.220. The number of ether oxygens (including phenoxy) is 1. The van der Waals surface area contributed by atoms with Crippen molar-refractivity contribution in [3.63, 3.8) is 0 Å².